The number of rotatable bonds is 3. The third-order valence-electron chi connectivity index (χ3n) is 2.19. The largest absolute Gasteiger partial charge is 0.469 e. The zero-order valence-corrected chi connectivity index (χ0v) is 11.4. The molecule has 4 heteroatoms. The lowest BCUT2D eigenvalue weighted by molar-refractivity contribution is -0.140. The highest BCUT2D eigenvalue weighted by Gasteiger charge is 2.05. The van der Waals surface area contributed by atoms with Crippen LogP contribution in [0.2, 0.25) is 10.0 Å². The first-order valence-electron chi connectivity index (χ1n) is 5.64. The molecule has 0 aromatic heterocycles. The molecule has 0 N–H and O–H groups in total. The fourth-order valence-corrected chi connectivity index (χ4v) is 1.57. The van der Waals surface area contributed by atoms with Gasteiger partial charge in [0.2, 0.25) is 0 Å². The van der Waals surface area contributed by atoms with Crippen LogP contribution in [0.25, 0.3) is 0 Å². The Balaban J connectivity index is 0.000000415. The van der Waals surface area contributed by atoms with Crippen molar-refractivity contribution in [2.75, 3.05) is 7.11 Å². The molecule has 1 aromatic carbocycles. The summed E-state index contributed by atoms with van der Waals surface area (Å²) in [5, 5.41) is 1.18. The number of hydrogen-bond donors (Lipinski definition) is 0. The Labute approximate surface area is 112 Å². The van der Waals surface area contributed by atoms with Crippen LogP contribution in [0, 0.1) is 0 Å². The molecular formula is C13H16Cl2O2. The van der Waals surface area contributed by atoms with Crippen molar-refractivity contribution in [3.8, 4) is 0 Å². The van der Waals surface area contributed by atoms with Crippen LogP contribution in [0.4, 0.5) is 0 Å². The second kappa shape index (κ2) is 7.57. The van der Waals surface area contributed by atoms with Gasteiger partial charge in [-0.1, -0.05) is 48.5 Å². The number of benzene rings is 1. The van der Waals surface area contributed by atoms with Crippen molar-refractivity contribution in [2.24, 2.45) is 0 Å². The molecule has 1 aliphatic carbocycles. The van der Waals surface area contributed by atoms with Crippen LogP contribution in [-0.2, 0) is 16.0 Å². The summed E-state index contributed by atoms with van der Waals surface area (Å²) in [6, 6.07) is 5.23. The lowest BCUT2D eigenvalue weighted by Crippen LogP contribution is -2.02. The van der Waals surface area contributed by atoms with Gasteiger partial charge in [-0.3, -0.25) is 4.79 Å². The predicted molar refractivity (Wildman–Crippen MR) is 70.7 cm³/mol. The average molecular weight is 275 g/mol. The topological polar surface area (TPSA) is 26.3 Å². The van der Waals surface area contributed by atoms with Crippen LogP contribution >= 0.6 is 23.2 Å². The Kier molecular flexibility index (Phi) is 6.38. The molecule has 17 heavy (non-hydrogen) atoms. The highest BCUT2D eigenvalue weighted by molar-refractivity contribution is 6.35. The highest BCUT2D eigenvalue weighted by Crippen LogP contribution is 2.22. The predicted octanol–water partition coefficient (Wildman–Crippen LogP) is 4.27. The minimum absolute atomic E-state index is 0.240. The first kappa shape index (κ1) is 14.3. The fourth-order valence-electron chi connectivity index (χ4n) is 1.06. The Morgan fingerprint density at radius 3 is 2.41 bits per heavy atom. The number of carbonyl (C=O) groups excluding carboxylic acids is 1. The van der Waals surface area contributed by atoms with E-state index >= 15 is 0 Å². The van der Waals surface area contributed by atoms with Gasteiger partial charge in [0.1, 0.15) is 0 Å². The molecule has 94 valence electrons. The van der Waals surface area contributed by atoms with Crippen LogP contribution in [0.3, 0.4) is 0 Å². The Hall–Kier alpha value is -0.730. The summed E-state index contributed by atoms with van der Waals surface area (Å²) in [5.41, 5.74) is 0.904. The first-order chi connectivity index (χ1) is 8.13. The number of methoxy groups -OCH3 is 1. The summed E-state index contributed by atoms with van der Waals surface area (Å²) in [4.78, 5) is 10.9. The van der Waals surface area contributed by atoms with Crippen LogP contribution in [0.15, 0.2) is 18.2 Å². The summed E-state index contributed by atoms with van der Waals surface area (Å²) < 4.78 is 4.53. The van der Waals surface area contributed by atoms with E-state index in [-0.39, 0.29) is 5.97 Å². The number of carbonyl (C=O) groups is 1. The molecule has 0 heterocycles. The molecular weight excluding hydrogens is 259 g/mol. The highest BCUT2D eigenvalue weighted by atomic mass is 35.5. The van der Waals surface area contributed by atoms with Gasteiger partial charge >= 0.3 is 5.97 Å². The molecule has 0 aliphatic heterocycles. The van der Waals surface area contributed by atoms with Crippen molar-refractivity contribution < 1.29 is 9.53 Å². The van der Waals surface area contributed by atoms with E-state index in [0.29, 0.717) is 22.9 Å². The van der Waals surface area contributed by atoms with E-state index in [4.69, 9.17) is 23.2 Å². The quantitative estimate of drug-likeness (QED) is 0.770. The van der Waals surface area contributed by atoms with Crippen molar-refractivity contribution in [2.45, 2.75) is 32.1 Å². The average Bonchev–Trinajstić information content (AvgIpc) is 3.15. The number of aryl methyl sites for hydroxylation is 1. The van der Waals surface area contributed by atoms with Crippen LogP contribution in [0.5, 0.6) is 0 Å². The van der Waals surface area contributed by atoms with Crippen molar-refractivity contribution in [3.05, 3.63) is 33.8 Å². The lowest BCUT2D eigenvalue weighted by Gasteiger charge is -2.03. The van der Waals surface area contributed by atoms with Crippen molar-refractivity contribution >= 4 is 29.2 Å². The minimum Gasteiger partial charge on any atom is -0.469 e. The van der Waals surface area contributed by atoms with E-state index in [1.165, 1.54) is 26.4 Å². The van der Waals surface area contributed by atoms with E-state index in [1.807, 2.05) is 6.07 Å². The molecule has 0 amide bonds. The molecule has 0 atom stereocenters. The lowest BCUT2D eigenvalue weighted by atomic mass is 10.1. The van der Waals surface area contributed by atoms with Gasteiger partial charge in [0, 0.05) is 16.5 Å². The summed E-state index contributed by atoms with van der Waals surface area (Å²) in [6.45, 7) is 0. The summed E-state index contributed by atoms with van der Waals surface area (Å²) in [5.74, 6) is -0.240. The molecule has 0 bridgehead atoms. The molecule has 0 spiro atoms. The molecule has 1 aromatic rings. The van der Waals surface area contributed by atoms with Gasteiger partial charge in [0.15, 0.2) is 0 Å². The second-order valence-electron chi connectivity index (χ2n) is 3.87. The summed E-state index contributed by atoms with van der Waals surface area (Å²) in [7, 11) is 1.37. The number of esters is 1. The maximum absolute atomic E-state index is 10.9. The third kappa shape index (κ3) is 6.54. The van der Waals surface area contributed by atoms with Gasteiger partial charge in [-0.15, -0.1) is 0 Å². The Morgan fingerprint density at radius 2 is 1.94 bits per heavy atom. The van der Waals surface area contributed by atoms with E-state index < -0.39 is 0 Å². The molecule has 0 radical (unpaired) electrons. The first-order valence-corrected chi connectivity index (χ1v) is 6.40. The number of hydrogen-bond acceptors (Lipinski definition) is 2. The summed E-state index contributed by atoms with van der Waals surface area (Å²) in [6.07, 6.45) is 5.40. The van der Waals surface area contributed by atoms with E-state index in [2.05, 4.69) is 4.74 Å². The molecule has 1 aliphatic rings. The van der Waals surface area contributed by atoms with Crippen LogP contribution < -0.4 is 0 Å². The third-order valence-corrected chi connectivity index (χ3v) is 2.78. The van der Waals surface area contributed by atoms with Gasteiger partial charge in [-0.2, -0.15) is 0 Å². The van der Waals surface area contributed by atoms with Gasteiger partial charge in [-0.25, -0.2) is 0 Å². The van der Waals surface area contributed by atoms with Crippen molar-refractivity contribution in [1.82, 2.24) is 0 Å². The Morgan fingerprint density at radius 1 is 1.29 bits per heavy atom. The van der Waals surface area contributed by atoms with Crippen molar-refractivity contribution in [3.63, 3.8) is 0 Å². The fraction of sp³-hybridized carbons (Fsp3) is 0.462. The zero-order valence-electron chi connectivity index (χ0n) is 9.84. The number of ether oxygens (including phenoxy) is 1. The molecule has 2 nitrogen and oxygen atoms in total. The van der Waals surface area contributed by atoms with E-state index in [1.54, 1.807) is 12.1 Å². The molecule has 0 saturated heterocycles. The molecule has 0 unspecified atom stereocenters. The monoisotopic (exact) mass is 274 g/mol. The van der Waals surface area contributed by atoms with Gasteiger partial charge < -0.3 is 4.74 Å². The molecule has 2 rings (SSSR count). The second-order valence-corrected chi connectivity index (χ2v) is 4.72. The van der Waals surface area contributed by atoms with Crippen molar-refractivity contribution in [1.29, 1.82) is 0 Å². The maximum atomic E-state index is 10.9. The van der Waals surface area contributed by atoms with Crippen LogP contribution in [-0.4, -0.2) is 13.1 Å². The molecule has 1 fully saturated rings. The summed E-state index contributed by atoms with van der Waals surface area (Å²) >= 11 is 11.7. The van der Waals surface area contributed by atoms with Gasteiger partial charge in [-0.05, 0) is 24.1 Å². The zero-order chi connectivity index (χ0) is 12.7. The SMILES string of the molecule is C1CC1.COC(=O)CCc1ccc(Cl)cc1Cl. The smallest absolute Gasteiger partial charge is 0.305 e. The van der Waals surface area contributed by atoms with E-state index in [9.17, 15) is 4.79 Å². The minimum atomic E-state index is -0.240. The maximum Gasteiger partial charge on any atom is 0.305 e. The normalized spacial score (nSPS) is 12.4. The number of halogens is 2. The molecule has 1 saturated carbocycles. The van der Waals surface area contributed by atoms with Gasteiger partial charge in [0.05, 0.1) is 7.11 Å². The van der Waals surface area contributed by atoms with E-state index in [0.717, 1.165) is 5.56 Å². The standard InChI is InChI=1S/C10H10Cl2O2.C3H6/c1-14-10(13)5-3-7-2-4-8(11)6-9(7)12;1-2-3-1/h2,4,6H,3,5H2,1H3;1-3H2. The van der Waals surface area contributed by atoms with Gasteiger partial charge in [0.25, 0.3) is 0 Å². The Bertz CT molecular complexity index is 373. The van der Waals surface area contributed by atoms with Crippen LogP contribution in [0.1, 0.15) is 31.2 Å².